The number of aromatic carboxylic acids is 1. The molecule has 0 aliphatic carbocycles. The first-order valence-corrected chi connectivity index (χ1v) is 11.6. The number of carboxylic acids is 1. The largest absolute Gasteiger partial charge is 0.496 e. The van der Waals surface area contributed by atoms with E-state index in [4.69, 9.17) is 28.6 Å². The van der Waals surface area contributed by atoms with Gasteiger partial charge in [0.05, 0.1) is 36.2 Å². The standard InChI is InChI=1S/C24H26ClN3O5S/c1-3-19(14-5-4-6-15(9-14)23(30)31)27-24(32)28-13-21(34)26-12-17(22(28)29)10-16-11-18(25)7-8-20(16)33-2/h4-9,11,17,19H,3,10,12-13H2,1-2H3,(H,26,34)(H,27,32)(H,30,31)/t17-,19-/m1/s1. The number of benzene rings is 2. The van der Waals surface area contributed by atoms with Crippen LogP contribution in [0.15, 0.2) is 42.5 Å². The van der Waals surface area contributed by atoms with Crippen molar-refractivity contribution in [3.05, 3.63) is 64.2 Å². The molecule has 180 valence electrons. The van der Waals surface area contributed by atoms with Gasteiger partial charge in [-0.05, 0) is 54.3 Å². The Morgan fingerprint density at radius 2 is 2.09 bits per heavy atom. The molecule has 1 fully saturated rings. The normalized spacial score (nSPS) is 16.9. The molecular formula is C24H26ClN3O5S. The molecule has 2 aromatic carbocycles. The van der Waals surface area contributed by atoms with Crippen molar-refractivity contribution in [1.29, 1.82) is 0 Å². The molecule has 10 heteroatoms. The fourth-order valence-electron chi connectivity index (χ4n) is 3.86. The zero-order valence-electron chi connectivity index (χ0n) is 18.8. The Kier molecular flexibility index (Phi) is 8.46. The predicted molar refractivity (Wildman–Crippen MR) is 132 cm³/mol. The van der Waals surface area contributed by atoms with Crippen molar-refractivity contribution in [2.45, 2.75) is 25.8 Å². The lowest BCUT2D eigenvalue weighted by Crippen LogP contribution is -2.48. The molecule has 0 spiro atoms. The zero-order valence-corrected chi connectivity index (χ0v) is 20.4. The summed E-state index contributed by atoms with van der Waals surface area (Å²) < 4.78 is 5.40. The van der Waals surface area contributed by atoms with E-state index in [1.54, 1.807) is 37.4 Å². The molecule has 1 aliphatic rings. The smallest absolute Gasteiger partial charge is 0.335 e. The first-order chi connectivity index (χ1) is 16.2. The summed E-state index contributed by atoms with van der Waals surface area (Å²) in [6.45, 7) is 2.09. The molecule has 2 atom stereocenters. The molecule has 3 rings (SSSR count). The molecule has 1 saturated heterocycles. The Labute approximate surface area is 208 Å². The number of urea groups is 1. The van der Waals surface area contributed by atoms with Gasteiger partial charge >= 0.3 is 12.0 Å². The van der Waals surface area contributed by atoms with Gasteiger partial charge in [0.25, 0.3) is 0 Å². The number of ether oxygens (including phenoxy) is 1. The highest BCUT2D eigenvalue weighted by atomic mass is 35.5. The fourth-order valence-corrected chi connectivity index (χ4v) is 4.27. The molecule has 8 nitrogen and oxygen atoms in total. The maximum atomic E-state index is 13.4. The van der Waals surface area contributed by atoms with Gasteiger partial charge in [0.1, 0.15) is 5.75 Å². The van der Waals surface area contributed by atoms with Gasteiger partial charge in [-0.2, -0.15) is 0 Å². The Bertz CT molecular complexity index is 1110. The van der Waals surface area contributed by atoms with Crippen LogP contribution in [-0.2, 0) is 11.2 Å². The number of amides is 3. The summed E-state index contributed by atoms with van der Waals surface area (Å²) in [5.74, 6) is -1.40. The van der Waals surface area contributed by atoms with Gasteiger partial charge in [-0.1, -0.05) is 42.9 Å². The van der Waals surface area contributed by atoms with E-state index in [2.05, 4.69) is 10.6 Å². The third-order valence-corrected chi connectivity index (χ3v) is 6.17. The molecule has 3 amide bonds. The first-order valence-electron chi connectivity index (χ1n) is 10.8. The molecule has 3 N–H and O–H groups in total. The van der Waals surface area contributed by atoms with Crippen molar-refractivity contribution in [3.8, 4) is 5.75 Å². The monoisotopic (exact) mass is 503 g/mol. The summed E-state index contributed by atoms with van der Waals surface area (Å²) in [5, 5.41) is 15.7. The number of nitrogens with one attached hydrogen (secondary N) is 2. The number of imide groups is 1. The van der Waals surface area contributed by atoms with Gasteiger partial charge in [-0.15, -0.1) is 0 Å². The van der Waals surface area contributed by atoms with E-state index in [1.807, 2.05) is 6.92 Å². The topological polar surface area (TPSA) is 108 Å². The number of halogens is 1. The fraction of sp³-hybridized carbons (Fsp3) is 0.333. The van der Waals surface area contributed by atoms with Gasteiger partial charge in [0, 0.05) is 11.6 Å². The number of methoxy groups -OCH3 is 1. The van der Waals surface area contributed by atoms with Crippen molar-refractivity contribution >= 4 is 46.7 Å². The first kappa shape index (κ1) is 25.5. The van der Waals surface area contributed by atoms with Crippen molar-refractivity contribution < 1.29 is 24.2 Å². The van der Waals surface area contributed by atoms with E-state index < -0.39 is 24.0 Å². The minimum atomic E-state index is -1.05. The maximum absolute atomic E-state index is 13.4. The number of nitrogens with zero attached hydrogens (tertiary/aromatic N) is 1. The molecule has 1 aliphatic heterocycles. The average Bonchev–Trinajstić information content (AvgIpc) is 2.96. The van der Waals surface area contributed by atoms with Crippen molar-refractivity contribution in [2.24, 2.45) is 5.92 Å². The summed E-state index contributed by atoms with van der Waals surface area (Å²) in [5.41, 5.74) is 1.51. The highest BCUT2D eigenvalue weighted by molar-refractivity contribution is 7.80. The second kappa shape index (κ2) is 11.3. The Hall–Kier alpha value is -3.17. The minimum absolute atomic E-state index is 0.0468. The summed E-state index contributed by atoms with van der Waals surface area (Å²) in [6, 6.07) is 10.5. The molecule has 0 unspecified atom stereocenters. The SMILES string of the molecule is CC[C@@H](NC(=O)N1CC(=S)NC[C@@H](Cc2cc(Cl)ccc2OC)C1=O)c1cccc(C(=O)O)c1. The summed E-state index contributed by atoms with van der Waals surface area (Å²) in [4.78, 5) is 39.4. The van der Waals surface area contributed by atoms with Gasteiger partial charge in [-0.25, -0.2) is 9.59 Å². The lowest BCUT2D eigenvalue weighted by Gasteiger charge is -2.26. The van der Waals surface area contributed by atoms with Crippen LogP contribution >= 0.6 is 23.8 Å². The van der Waals surface area contributed by atoms with E-state index in [1.165, 1.54) is 12.1 Å². The van der Waals surface area contributed by atoms with Crippen LogP contribution in [0, 0.1) is 5.92 Å². The molecule has 0 aromatic heterocycles. The molecule has 0 bridgehead atoms. The van der Waals surface area contributed by atoms with Crippen molar-refractivity contribution in [2.75, 3.05) is 20.2 Å². The molecule has 0 radical (unpaired) electrons. The van der Waals surface area contributed by atoms with Crippen molar-refractivity contribution in [3.63, 3.8) is 0 Å². The number of hydrogen-bond acceptors (Lipinski definition) is 5. The van der Waals surface area contributed by atoms with Gasteiger partial charge in [0.2, 0.25) is 5.91 Å². The van der Waals surface area contributed by atoms with Crippen LogP contribution in [-0.4, -0.2) is 53.1 Å². The highest BCUT2D eigenvalue weighted by Gasteiger charge is 2.34. The third-order valence-electron chi connectivity index (χ3n) is 5.66. The van der Waals surface area contributed by atoms with Gasteiger partial charge < -0.3 is 20.5 Å². The second-order valence-corrected chi connectivity index (χ2v) is 8.86. The summed E-state index contributed by atoms with van der Waals surface area (Å²) >= 11 is 11.5. The summed E-state index contributed by atoms with van der Waals surface area (Å²) in [6.07, 6.45) is 0.808. The zero-order chi connectivity index (χ0) is 24.8. The van der Waals surface area contributed by atoms with Gasteiger partial charge in [-0.3, -0.25) is 9.69 Å². The van der Waals surface area contributed by atoms with E-state index in [0.717, 1.165) is 10.5 Å². The molecular weight excluding hydrogens is 478 g/mol. The van der Waals surface area contributed by atoms with Crippen molar-refractivity contribution in [1.82, 2.24) is 15.5 Å². The number of hydrogen-bond donors (Lipinski definition) is 3. The van der Waals surface area contributed by atoms with E-state index in [-0.39, 0.29) is 24.6 Å². The van der Waals surface area contributed by atoms with E-state index in [9.17, 15) is 19.5 Å². The lowest BCUT2D eigenvalue weighted by atomic mass is 9.97. The second-order valence-electron chi connectivity index (χ2n) is 7.93. The van der Waals surface area contributed by atoms with Crippen LogP contribution in [0.3, 0.4) is 0 Å². The average molecular weight is 504 g/mol. The predicted octanol–water partition coefficient (Wildman–Crippen LogP) is 3.83. The van der Waals surface area contributed by atoms with Crippen LogP contribution in [0.2, 0.25) is 5.02 Å². The number of thiocarbonyl (C=S) groups is 1. The number of carboxylic acid groups (broad SMARTS) is 1. The van der Waals surface area contributed by atoms with Crippen LogP contribution in [0.4, 0.5) is 4.79 Å². The van der Waals surface area contributed by atoms with E-state index >= 15 is 0 Å². The Morgan fingerprint density at radius 1 is 1.32 bits per heavy atom. The molecule has 1 heterocycles. The molecule has 0 saturated carbocycles. The quantitative estimate of drug-likeness (QED) is 0.493. The minimum Gasteiger partial charge on any atom is -0.496 e. The van der Waals surface area contributed by atoms with Crippen LogP contribution in [0.5, 0.6) is 5.75 Å². The third kappa shape index (κ3) is 6.03. The molecule has 2 aromatic rings. The number of rotatable bonds is 7. The Morgan fingerprint density at radius 3 is 2.76 bits per heavy atom. The lowest BCUT2D eigenvalue weighted by molar-refractivity contribution is -0.131. The number of carbonyl (C=O) groups excluding carboxylic acids is 2. The van der Waals surface area contributed by atoms with Crippen LogP contribution in [0.25, 0.3) is 0 Å². The van der Waals surface area contributed by atoms with Crippen LogP contribution in [0.1, 0.15) is 40.9 Å². The van der Waals surface area contributed by atoms with Gasteiger partial charge in [0.15, 0.2) is 0 Å². The highest BCUT2D eigenvalue weighted by Crippen LogP contribution is 2.27. The summed E-state index contributed by atoms with van der Waals surface area (Å²) in [7, 11) is 1.54. The Balaban J connectivity index is 1.81. The molecule has 34 heavy (non-hydrogen) atoms. The van der Waals surface area contributed by atoms with Crippen LogP contribution < -0.4 is 15.4 Å². The maximum Gasteiger partial charge on any atom is 0.335 e. The van der Waals surface area contributed by atoms with E-state index in [0.29, 0.717) is 34.2 Å². The number of carbonyl (C=O) groups is 3.